The highest BCUT2D eigenvalue weighted by Gasteiger charge is 2.13. The molecular weight excluding hydrogens is 236 g/mol. The second kappa shape index (κ2) is 6.44. The van der Waals surface area contributed by atoms with E-state index in [1.807, 2.05) is 12.1 Å². The van der Waals surface area contributed by atoms with Crippen molar-refractivity contribution in [2.75, 3.05) is 30.7 Å². The summed E-state index contributed by atoms with van der Waals surface area (Å²) in [6, 6.07) is 8.02. The van der Waals surface area contributed by atoms with Crippen LogP contribution in [0.25, 0.3) is 0 Å². The molecule has 1 atom stereocenters. The Balaban J connectivity index is 1.91. The van der Waals surface area contributed by atoms with E-state index < -0.39 is 0 Å². The van der Waals surface area contributed by atoms with Crippen LogP contribution in [0.15, 0.2) is 18.2 Å². The summed E-state index contributed by atoms with van der Waals surface area (Å²) < 4.78 is 0. The Bertz CT molecular complexity index is 458. The van der Waals surface area contributed by atoms with Gasteiger partial charge in [0.05, 0.1) is 5.56 Å². The Hall–Kier alpha value is -1.73. The van der Waals surface area contributed by atoms with Crippen molar-refractivity contribution in [2.24, 2.45) is 0 Å². The highest BCUT2D eigenvalue weighted by atomic mass is 15.1. The van der Waals surface area contributed by atoms with Crippen molar-refractivity contribution in [1.82, 2.24) is 4.90 Å². The van der Waals surface area contributed by atoms with E-state index in [2.05, 4.69) is 23.2 Å². The van der Waals surface area contributed by atoms with Crippen LogP contribution < -0.4 is 11.1 Å². The highest BCUT2D eigenvalue weighted by molar-refractivity contribution is 5.62. The fourth-order valence-electron chi connectivity index (χ4n) is 2.60. The molecule has 1 aliphatic rings. The number of nitriles is 1. The van der Waals surface area contributed by atoms with Gasteiger partial charge in [0.2, 0.25) is 0 Å². The molecule has 0 spiro atoms. The normalized spacial score (nSPS) is 17.7. The Morgan fingerprint density at radius 3 is 2.79 bits per heavy atom. The number of likely N-dealkylation sites (tertiary alicyclic amines) is 1. The molecule has 4 nitrogen and oxygen atoms in total. The molecular formula is C15H22N4. The summed E-state index contributed by atoms with van der Waals surface area (Å²) in [6.45, 7) is 5.64. The predicted molar refractivity (Wildman–Crippen MR) is 78.9 cm³/mol. The molecule has 1 unspecified atom stereocenters. The Kier molecular flexibility index (Phi) is 4.64. The number of benzene rings is 1. The molecule has 1 heterocycles. The Morgan fingerprint density at radius 2 is 2.11 bits per heavy atom. The minimum Gasteiger partial charge on any atom is -0.398 e. The van der Waals surface area contributed by atoms with E-state index in [0.29, 0.717) is 17.3 Å². The van der Waals surface area contributed by atoms with E-state index in [-0.39, 0.29) is 0 Å². The summed E-state index contributed by atoms with van der Waals surface area (Å²) in [5.41, 5.74) is 7.77. The maximum atomic E-state index is 8.97. The zero-order chi connectivity index (χ0) is 13.7. The molecule has 0 bridgehead atoms. The molecule has 0 aliphatic carbocycles. The van der Waals surface area contributed by atoms with Gasteiger partial charge in [-0.05, 0) is 51.1 Å². The quantitative estimate of drug-likeness (QED) is 0.814. The van der Waals surface area contributed by atoms with Crippen molar-refractivity contribution in [1.29, 1.82) is 5.26 Å². The molecule has 1 aromatic carbocycles. The molecule has 0 amide bonds. The molecule has 0 radical (unpaired) electrons. The van der Waals surface area contributed by atoms with Crippen LogP contribution in [0.2, 0.25) is 0 Å². The van der Waals surface area contributed by atoms with Crippen molar-refractivity contribution in [3.8, 4) is 6.07 Å². The fourth-order valence-corrected chi connectivity index (χ4v) is 2.60. The molecule has 1 saturated heterocycles. The SMILES string of the molecule is CC(CN1CCCCC1)Nc1ccc(N)c(C#N)c1. The van der Waals surface area contributed by atoms with Gasteiger partial charge >= 0.3 is 0 Å². The van der Waals surface area contributed by atoms with Gasteiger partial charge in [-0.1, -0.05) is 6.42 Å². The van der Waals surface area contributed by atoms with Crippen LogP contribution in [0, 0.1) is 11.3 Å². The predicted octanol–water partition coefficient (Wildman–Crippen LogP) is 2.43. The van der Waals surface area contributed by atoms with Crippen LogP contribution in [0.1, 0.15) is 31.7 Å². The molecule has 0 aromatic heterocycles. The van der Waals surface area contributed by atoms with Gasteiger partial charge in [0.25, 0.3) is 0 Å². The standard InChI is InChI=1S/C15H22N4/c1-12(11-19-7-3-2-4-8-19)18-14-5-6-15(17)13(9-14)10-16/h5-6,9,12,18H,2-4,7-8,11,17H2,1H3. The maximum Gasteiger partial charge on any atom is 0.101 e. The summed E-state index contributed by atoms with van der Waals surface area (Å²) in [6.07, 6.45) is 3.99. The summed E-state index contributed by atoms with van der Waals surface area (Å²) in [4.78, 5) is 2.50. The topological polar surface area (TPSA) is 65.1 Å². The zero-order valence-electron chi connectivity index (χ0n) is 11.5. The van der Waals surface area contributed by atoms with Crippen LogP contribution in [0.5, 0.6) is 0 Å². The third kappa shape index (κ3) is 3.87. The molecule has 4 heteroatoms. The van der Waals surface area contributed by atoms with E-state index in [1.54, 1.807) is 6.07 Å². The molecule has 3 N–H and O–H groups in total. The van der Waals surface area contributed by atoms with Gasteiger partial charge in [-0.15, -0.1) is 0 Å². The fraction of sp³-hybridized carbons (Fsp3) is 0.533. The second-order valence-electron chi connectivity index (χ2n) is 5.32. The number of piperidine rings is 1. The summed E-state index contributed by atoms with van der Waals surface area (Å²) >= 11 is 0. The number of nitrogens with two attached hydrogens (primary N) is 1. The van der Waals surface area contributed by atoms with Gasteiger partial charge in [-0.3, -0.25) is 0 Å². The van der Waals surface area contributed by atoms with E-state index in [0.717, 1.165) is 12.2 Å². The highest BCUT2D eigenvalue weighted by Crippen LogP contribution is 2.18. The van der Waals surface area contributed by atoms with Crippen molar-refractivity contribution in [2.45, 2.75) is 32.2 Å². The monoisotopic (exact) mass is 258 g/mol. The van der Waals surface area contributed by atoms with Gasteiger partial charge in [-0.2, -0.15) is 5.26 Å². The molecule has 1 aromatic rings. The van der Waals surface area contributed by atoms with Gasteiger partial charge in [0, 0.05) is 24.0 Å². The van der Waals surface area contributed by atoms with Gasteiger partial charge in [-0.25, -0.2) is 0 Å². The van der Waals surface area contributed by atoms with Crippen LogP contribution >= 0.6 is 0 Å². The first-order chi connectivity index (χ1) is 9.19. The largest absolute Gasteiger partial charge is 0.398 e. The maximum absolute atomic E-state index is 8.97. The molecule has 2 rings (SSSR count). The van der Waals surface area contributed by atoms with E-state index in [1.165, 1.54) is 32.4 Å². The first-order valence-electron chi connectivity index (χ1n) is 6.97. The summed E-state index contributed by atoms with van der Waals surface area (Å²) in [5.74, 6) is 0. The summed E-state index contributed by atoms with van der Waals surface area (Å²) in [5, 5.41) is 12.4. The lowest BCUT2D eigenvalue weighted by atomic mass is 10.1. The van der Waals surface area contributed by atoms with Crippen LogP contribution in [-0.4, -0.2) is 30.6 Å². The number of hydrogen-bond donors (Lipinski definition) is 2. The van der Waals surface area contributed by atoms with E-state index in [9.17, 15) is 0 Å². The van der Waals surface area contributed by atoms with Crippen molar-refractivity contribution >= 4 is 11.4 Å². The number of anilines is 2. The molecule has 19 heavy (non-hydrogen) atoms. The Labute approximate surface area is 115 Å². The second-order valence-corrected chi connectivity index (χ2v) is 5.32. The number of nitrogens with one attached hydrogen (secondary N) is 1. The Morgan fingerprint density at radius 1 is 1.37 bits per heavy atom. The molecule has 0 saturated carbocycles. The average Bonchev–Trinajstić information content (AvgIpc) is 2.42. The van der Waals surface area contributed by atoms with Crippen LogP contribution in [0.4, 0.5) is 11.4 Å². The van der Waals surface area contributed by atoms with Crippen molar-refractivity contribution in [3.63, 3.8) is 0 Å². The first-order valence-corrected chi connectivity index (χ1v) is 6.97. The number of nitrogens with zero attached hydrogens (tertiary/aromatic N) is 2. The number of hydrogen-bond acceptors (Lipinski definition) is 4. The van der Waals surface area contributed by atoms with Crippen LogP contribution in [0.3, 0.4) is 0 Å². The first kappa shape index (κ1) is 13.7. The average molecular weight is 258 g/mol. The lowest BCUT2D eigenvalue weighted by molar-refractivity contribution is 0.223. The lowest BCUT2D eigenvalue weighted by Gasteiger charge is -2.29. The third-order valence-corrected chi connectivity index (χ3v) is 3.57. The van der Waals surface area contributed by atoms with Crippen LogP contribution in [-0.2, 0) is 0 Å². The van der Waals surface area contributed by atoms with E-state index in [4.69, 9.17) is 11.0 Å². The van der Waals surface area contributed by atoms with Crippen molar-refractivity contribution < 1.29 is 0 Å². The van der Waals surface area contributed by atoms with Gasteiger partial charge in [0.15, 0.2) is 0 Å². The number of rotatable bonds is 4. The minimum atomic E-state index is 0.369. The smallest absolute Gasteiger partial charge is 0.101 e. The lowest BCUT2D eigenvalue weighted by Crippen LogP contribution is -2.38. The third-order valence-electron chi connectivity index (χ3n) is 3.57. The van der Waals surface area contributed by atoms with Gasteiger partial charge in [0.1, 0.15) is 6.07 Å². The zero-order valence-corrected chi connectivity index (χ0v) is 11.5. The number of nitrogen functional groups attached to an aromatic ring is 1. The van der Waals surface area contributed by atoms with Gasteiger partial charge < -0.3 is 16.0 Å². The van der Waals surface area contributed by atoms with Crippen molar-refractivity contribution in [3.05, 3.63) is 23.8 Å². The summed E-state index contributed by atoms with van der Waals surface area (Å²) in [7, 11) is 0. The van der Waals surface area contributed by atoms with E-state index >= 15 is 0 Å². The molecule has 1 aliphatic heterocycles. The molecule has 1 fully saturated rings. The minimum absolute atomic E-state index is 0.369. The molecule has 102 valence electrons.